The van der Waals surface area contributed by atoms with E-state index in [1.165, 1.54) is 6.42 Å². The van der Waals surface area contributed by atoms with E-state index in [0.717, 1.165) is 44.5 Å². The Morgan fingerprint density at radius 1 is 1.47 bits per heavy atom. The number of rotatable bonds is 5. The molecule has 0 atom stereocenters. The van der Waals surface area contributed by atoms with Crippen LogP contribution in [0.15, 0.2) is 11.6 Å². The Morgan fingerprint density at radius 2 is 2.33 bits per heavy atom. The number of aromatic nitrogens is 1. The van der Waals surface area contributed by atoms with Gasteiger partial charge in [-0.1, -0.05) is 0 Å². The van der Waals surface area contributed by atoms with Crippen molar-refractivity contribution < 1.29 is 4.74 Å². The molecule has 4 nitrogen and oxygen atoms in total. The lowest BCUT2D eigenvalue weighted by Gasteiger charge is -2.26. The Morgan fingerprint density at radius 3 is 3.07 bits per heavy atom. The molecule has 15 heavy (non-hydrogen) atoms. The summed E-state index contributed by atoms with van der Waals surface area (Å²) in [6.07, 6.45) is 2.99. The zero-order valence-electron chi connectivity index (χ0n) is 8.82. The highest BCUT2D eigenvalue weighted by atomic mass is 32.1. The van der Waals surface area contributed by atoms with Crippen LogP contribution >= 0.6 is 11.3 Å². The molecule has 1 N–H and O–H groups in total. The first kappa shape index (κ1) is 10.9. The van der Waals surface area contributed by atoms with Crippen LogP contribution in [-0.4, -0.2) is 49.3 Å². The van der Waals surface area contributed by atoms with Gasteiger partial charge in [0.05, 0.1) is 13.2 Å². The fourth-order valence-electron chi connectivity index (χ4n) is 1.63. The zero-order valence-corrected chi connectivity index (χ0v) is 9.63. The highest BCUT2D eigenvalue weighted by Gasteiger charge is 2.08. The molecule has 0 radical (unpaired) electrons. The van der Waals surface area contributed by atoms with E-state index in [-0.39, 0.29) is 0 Å². The summed E-state index contributed by atoms with van der Waals surface area (Å²) in [6, 6.07) is 0. The predicted octanol–water partition coefficient (Wildman–Crippen LogP) is 1.28. The first-order valence-electron chi connectivity index (χ1n) is 5.38. The van der Waals surface area contributed by atoms with Crippen LogP contribution in [0.2, 0.25) is 0 Å². The molecule has 84 valence electrons. The SMILES string of the molecule is c1csc(NCCCN2CCOCC2)n1. The van der Waals surface area contributed by atoms with Gasteiger partial charge in [0, 0.05) is 31.2 Å². The van der Waals surface area contributed by atoms with Crippen molar-refractivity contribution in [2.45, 2.75) is 6.42 Å². The highest BCUT2D eigenvalue weighted by molar-refractivity contribution is 7.13. The summed E-state index contributed by atoms with van der Waals surface area (Å²) in [4.78, 5) is 6.63. The molecule has 0 spiro atoms. The maximum atomic E-state index is 5.30. The lowest BCUT2D eigenvalue weighted by molar-refractivity contribution is 0.0378. The molecule has 2 rings (SSSR count). The van der Waals surface area contributed by atoms with Crippen molar-refractivity contribution in [1.82, 2.24) is 9.88 Å². The molecule has 2 heterocycles. The predicted molar refractivity (Wildman–Crippen MR) is 62.5 cm³/mol. The molecule has 1 aliphatic rings. The van der Waals surface area contributed by atoms with Crippen molar-refractivity contribution in [2.75, 3.05) is 44.7 Å². The Labute approximate surface area is 94.3 Å². The van der Waals surface area contributed by atoms with Crippen LogP contribution < -0.4 is 5.32 Å². The van der Waals surface area contributed by atoms with Crippen molar-refractivity contribution in [3.8, 4) is 0 Å². The maximum Gasteiger partial charge on any atom is 0.182 e. The van der Waals surface area contributed by atoms with E-state index in [2.05, 4.69) is 15.2 Å². The van der Waals surface area contributed by atoms with Crippen molar-refractivity contribution >= 4 is 16.5 Å². The van der Waals surface area contributed by atoms with Gasteiger partial charge in [0.2, 0.25) is 0 Å². The van der Waals surface area contributed by atoms with E-state index in [0.29, 0.717) is 0 Å². The minimum absolute atomic E-state index is 0.889. The Balaban J connectivity index is 1.54. The number of anilines is 1. The Hall–Kier alpha value is -0.650. The number of hydrogen-bond donors (Lipinski definition) is 1. The molecule has 1 aliphatic heterocycles. The molecule has 1 fully saturated rings. The molecular weight excluding hydrogens is 210 g/mol. The van der Waals surface area contributed by atoms with Crippen LogP contribution in [0.25, 0.3) is 0 Å². The third kappa shape index (κ3) is 3.77. The topological polar surface area (TPSA) is 37.4 Å². The van der Waals surface area contributed by atoms with Gasteiger partial charge in [-0.3, -0.25) is 4.90 Å². The van der Waals surface area contributed by atoms with Crippen molar-refractivity contribution in [1.29, 1.82) is 0 Å². The molecular formula is C10H17N3OS. The van der Waals surface area contributed by atoms with E-state index in [4.69, 9.17) is 4.74 Å². The van der Waals surface area contributed by atoms with Crippen LogP contribution in [0, 0.1) is 0 Å². The monoisotopic (exact) mass is 227 g/mol. The minimum atomic E-state index is 0.889. The van der Waals surface area contributed by atoms with Crippen LogP contribution in [0.4, 0.5) is 5.13 Å². The average Bonchev–Trinajstić information content (AvgIpc) is 2.79. The second-order valence-corrected chi connectivity index (χ2v) is 4.47. The number of nitrogens with one attached hydrogen (secondary N) is 1. The first-order chi connectivity index (χ1) is 7.45. The molecule has 0 bridgehead atoms. The number of hydrogen-bond acceptors (Lipinski definition) is 5. The smallest absolute Gasteiger partial charge is 0.182 e. The third-order valence-corrected chi connectivity index (χ3v) is 3.19. The summed E-state index contributed by atoms with van der Waals surface area (Å²) in [5, 5.41) is 6.33. The lowest BCUT2D eigenvalue weighted by atomic mass is 10.3. The van der Waals surface area contributed by atoms with E-state index < -0.39 is 0 Å². The minimum Gasteiger partial charge on any atom is -0.379 e. The average molecular weight is 227 g/mol. The molecule has 0 aromatic carbocycles. The van der Waals surface area contributed by atoms with Gasteiger partial charge in [0.25, 0.3) is 0 Å². The fraction of sp³-hybridized carbons (Fsp3) is 0.700. The molecule has 0 saturated carbocycles. The number of morpholine rings is 1. The van der Waals surface area contributed by atoms with E-state index in [1.807, 2.05) is 11.6 Å². The van der Waals surface area contributed by atoms with Gasteiger partial charge in [-0.05, 0) is 13.0 Å². The second-order valence-electron chi connectivity index (χ2n) is 3.57. The summed E-state index contributed by atoms with van der Waals surface area (Å²) >= 11 is 1.65. The number of nitrogens with zero attached hydrogens (tertiary/aromatic N) is 2. The van der Waals surface area contributed by atoms with Crippen LogP contribution in [0.5, 0.6) is 0 Å². The van der Waals surface area contributed by atoms with Crippen LogP contribution in [0.3, 0.4) is 0 Å². The Kier molecular flexibility index (Phi) is 4.38. The van der Waals surface area contributed by atoms with Gasteiger partial charge in [-0.2, -0.15) is 0 Å². The largest absolute Gasteiger partial charge is 0.379 e. The van der Waals surface area contributed by atoms with Crippen molar-refractivity contribution in [3.63, 3.8) is 0 Å². The van der Waals surface area contributed by atoms with Gasteiger partial charge in [-0.15, -0.1) is 11.3 Å². The quantitative estimate of drug-likeness (QED) is 0.769. The van der Waals surface area contributed by atoms with Gasteiger partial charge >= 0.3 is 0 Å². The standard InChI is InChI=1S/C10H17N3OS/c1(2-11-10-12-3-9-15-10)4-13-5-7-14-8-6-13/h3,9H,1-2,4-8H2,(H,11,12). The molecule has 0 unspecified atom stereocenters. The van der Waals surface area contributed by atoms with Gasteiger partial charge in [-0.25, -0.2) is 4.98 Å². The molecule has 1 aromatic rings. The summed E-state index contributed by atoms with van der Waals surface area (Å²) in [6.45, 7) is 6.10. The summed E-state index contributed by atoms with van der Waals surface area (Å²) in [5.74, 6) is 0. The van der Waals surface area contributed by atoms with Crippen LogP contribution in [-0.2, 0) is 4.74 Å². The lowest BCUT2D eigenvalue weighted by Crippen LogP contribution is -2.37. The summed E-state index contributed by atoms with van der Waals surface area (Å²) < 4.78 is 5.30. The molecule has 0 amide bonds. The van der Waals surface area contributed by atoms with Gasteiger partial charge in [0.1, 0.15) is 0 Å². The number of thiazole rings is 1. The van der Waals surface area contributed by atoms with E-state index in [9.17, 15) is 0 Å². The summed E-state index contributed by atoms with van der Waals surface area (Å²) in [7, 11) is 0. The molecule has 1 aromatic heterocycles. The van der Waals surface area contributed by atoms with Gasteiger partial charge in [0.15, 0.2) is 5.13 Å². The van der Waals surface area contributed by atoms with Crippen LogP contribution in [0.1, 0.15) is 6.42 Å². The third-order valence-electron chi connectivity index (χ3n) is 2.46. The maximum absolute atomic E-state index is 5.30. The zero-order chi connectivity index (χ0) is 10.3. The Bertz CT molecular complexity index is 260. The molecule has 1 saturated heterocycles. The van der Waals surface area contributed by atoms with E-state index in [1.54, 1.807) is 11.3 Å². The van der Waals surface area contributed by atoms with Crippen molar-refractivity contribution in [2.24, 2.45) is 0 Å². The van der Waals surface area contributed by atoms with Gasteiger partial charge < -0.3 is 10.1 Å². The molecule has 0 aliphatic carbocycles. The second kappa shape index (κ2) is 6.05. The summed E-state index contributed by atoms with van der Waals surface area (Å²) in [5.41, 5.74) is 0. The number of ether oxygens (including phenoxy) is 1. The normalized spacial score (nSPS) is 17.9. The molecule has 5 heteroatoms. The first-order valence-corrected chi connectivity index (χ1v) is 6.26. The van der Waals surface area contributed by atoms with Crippen molar-refractivity contribution in [3.05, 3.63) is 11.6 Å². The van der Waals surface area contributed by atoms with E-state index >= 15 is 0 Å². The fourth-order valence-corrected chi connectivity index (χ4v) is 2.19. The highest BCUT2D eigenvalue weighted by Crippen LogP contribution is 2.09.